The summed E-state index contributed by atoms with van der Waals surface area (Å²) in [5.41, 5.74) is 5.08. The van der Waals surface area contributed by atoms with Gasteiger partial charge in [0.15, 0.2) is 0 Å². The lowest BCUT2D eigenvalue weighted by molar-refractivity contribution is -0.162. The Morgan fingerprint density at radius 3 is 2.74 bits per heavy atom. The van der Waals surface area contributed by atoms with Crippen molar-refractivity contribution in [3.8, 4) is 0 Å². The highest BCUT2D eigenvalue weighted by atomic mass is 16.6. The van der Waals surface area contributed by atoms with Crippen molar-refractivity contribution in [1.82, 2.24) is 9.97 Å². The highest BCUT2D eigenvalue weighted by molar-refractivity contribution is 5.75. The average Bonchev–Trinajstić information content (AvgIpc) is 2.83. The van der Waals surface area contributed by atoms with Gasteiger partial charge in [0.1, 0.15) is 11.9 Å². The van der Waals surface area contributed by atoms with Gasteiger partial charge < -0.3 is 4.74 Å². The first kappa shape index (κ1) is 14.4. The molecule has 2 aliphatic rings. The molecule has 1 spiro atoms. The number of nitrogens with zero attached hydrogens (tertiary/aromatic N) is 2. The molecule has 0 N–H and O–H groups in total. The Balaban J connectivity index is 1.79. The van der Waals surface area contributed by atoms with Crippen LogP contribution in [0.3, 0.4) is 0 Å². The van der Waals surface area contributed by atoms with Crippen molar-refractivity contribution in [3.05, 3.63) is 58.7 Å². The molecule has 4 heteroatoms. The summed E-state index contributed by atoms with van der Waals surface area (Å²) in [4.78, 5) is 20.5. The number of carbonyl (C=O) groups is 1. The van der Waals surface area contributed by atoms with Crippen LogP contribution in [0.2, 0.25) is 0 Å². The van der Waals surface area contributed by atoms with Gasteiger partial charge in [0.2, 0.25) is 0 Å². The molecule has 1 unspecified atom stereocenters. The van der Waals surface area contributed by atoms with Crippen LogP contribution in [0.25, 0.3) is 0 Å². The molecule has 4 rings (SSSR count). The zero-order chi connectivity index (χ0) is 16.2. The van der Waals surface area contributed by atoms with Crippen LogP contribution in [-0.4, -0.2) is 15.9 Å². The van der Waals surface area contributed by atoms with E-state index in [-0.39, 0.29) is 17.8 Å². The second kappa shape index (κ2) is 4.63. The van der Waals surface area contributed by atoms with E-state index in [0.717, 1.165) is 11.3 Å². The Bertz CT molecular complexity index is 807. The lowest BCUT2D eigenvalue weighted by Gasteiger charge is -2.34. The molecule has 0 bridgehead atoms. The van der Waals surface area contributed by atoms with Crippen molar-refractivity contribution in [1.29, 1.82) is 0 Å². The molecule has 1 aliphatic carbocycles. The van der Waals surface area contributed by atoms with Gasteiger partial charge in [0.25, 0.3) is 0 Å². The average molecular weight is 308 g/mol. The summed E-state index contributed by atoms with van der Waals surface area (Å²) in [5, 5.41) is 0. The maximum absolute atomic E-state index is 12.1. The Kier molecular flexibility index (Phi) is 2.89. The third kappa shape index (κ3) is 2.24. The first-order chi connectivity index (χ1) is 10.9. The highest BCUT2D eigenvalue weighted by Crippen LogP contribution is 2.44. The second-order valence-electron chi connectivity index (χ2n) is 7.62. The molecule has 118 valence electrons. The van der Waals surface area contributed by atoms with E-state index in [2.05, 4.69) is 48.9 Å². The molecule has 2 heterocycles. The summed E-state index contributed by atoms with van der Waals surface area (Å²) in [6.45, 7) is 6.63. The summed E-state index contributed by atoms with van der Waals surface area (Å²) in [5.74, 6) is -0.194. The zero-order valence-electron chi connectivity index (χ0n) is 13.7. The molecule has 1 aromatic heterocycles. The Morgan fingerprint density at radius 2 is 1.96 bits per heavy atom. The van der Waals surface area contributed by atoms with Gasteiger partial charge in [-0.25, -0.2) is 9.97 Å². The molecular weight excluding hydrogens is 288 g/mol. The van der Waals surface area contributed by atoms with Crippen molar-refractivity contribution in [3.63, 3.8) is 0 Å². The number of hydrogen-bond donors (Lipinski definition) is 0. The fraction of sp³-hybridized carbons (Fsp3) is 0.421. The summed E-state index contributed by atoms with van der Waals surface area (Å²) in [6.07, 6.45) is 4.97. The van der Waals surface area contributed by atoms with Gasteiger partial charge in [0.05, 0.1) is 12.1 Å². The Hall–Kier alpha value is -2.23. The number of ether oxygens (including phenoxy) is 1. The van der Waals surface area contributed by atoms with Gasteiger partial charge in [-0.3, -0.25) is 4.79 Å². The van der Waals surface area contributed by atoms with Crippen molar-refractivity contribution in [2.24, 2.45) is 0 Å². The van der Waals surface area contributed by atoms with E-state index in [0.29, 0.717) is 12.8 Å². The van der Waals surface area contributed by atoms with Gasteiger partial charge in [-0.2, -0.15) is 0 Å². The fourth-order valence-electron chi connectivity index (χ4n) is 3.69. The van der Waals surface area contributed by atoms with Crippen molar-refractivity contribution in [2.45, 2.75) is 51.0 Å². The van der Waals surface area contributed by atoms with Crippen LogP contribution in [0.15, 0.2) is 30.7 Å². The maximum Gasteiger partial charge on any atom is 0.312 e. The molecule has 0 fully saturated rings. The number of benzene rings is 1. The van der Waals surface area contributed by atoms with Crippen LogP contribution in [0.5, 0.6) is 0 Å². The normalized spacial score (nSPS) is 22.7. The number of aromatic nitrogens is 2. The van der Waals surface area contributed by atoms with E-state index in [1.807, 2.05) is 6.20 Å². The van der Waals surface area contributed by atoms with Crippen molar-refractivity contribution < 1.29 is 9.53 Å². The third-order valence-electron chi connectivity index (χ3n) is 4.93. The van der Waals surface area contributed by atoms with Gasteiger partial charge in [-0.15, -0.1) is 0 Å². The summed E-state index contributed by atoms with van der Waals surface area (Å²) in [6, 6.07) is 6.62. The summed E-state index contributed by atoms with van der Waals surface area (Å²) >= 11 is 0. The third-order valence-corrected chi connectivity index (χ3v) is 4.93. The monoisotopic (exact) mass is 308 g/mol. The first-order valence-electron chi connectivity index (χ1n) is 8.01. The molecular formula is C19H20N2O2. The minimum absolute atomic E-state index is 0.106. The van der Waals surface area contributed by atoms with Crippen molar-refractivity contribution >= 4 is 5.97 Å². The summed E-state index contributed by atoms with van der Waals surface area (Å²) in [7, 11) is 0. The predicted molar refractivity (Wildman–Crippen MR) is 86.1 cm³/mol. The minimum Gasteiger partial charge on any atom is -0.453 e. The number of fused-ring (bicyclic) bond motifs is 3. The topological polar surface area (TPSA) is 52.1 Å². The largest absolute Gasteiger partial charge is 0.453 e. The van der Waals surface area contributed by atoms with Gasteiger partial charge in [-0.1, -0.05) is 39.0 Å². The summed E-state index contributed by atoms with van der Waals surface area (Å²) < 4.78 is 5.85. The molecule has 0 radical (unpaired) electrons. The lowest BCUT2D eigenvalue weighted by Crippen LogP contribution is -2.39. The van der Waals surface area contributed by atoms with Gasteiger partial charge in [-0.05, 0) is 22.1 Å². The molecule has 1 aliphatic heterocycles. The van der Waals surface area contributed by atoms with Crippen LogP contribution in [0.1, 0.15) is 48.7 Å². The maximum atomic E-state index is 12.1. The number of carbonyl (C=O) groups excluding carboxylic acids is 1. The fourth-order valence-corrected chi connectivity index (χ4v) is 3.69. The van der Waals surface area contributed by atoms with E-state index < -0.39 is 5.60 Å². The van der Waals surface area contributed by atoms with Crippen LogP contribution in [0, 0.1) is 0 Å². The quantitative estimate of drug-likeness (QED) is 0.702. The molecule has 1 atom stereocenters. The van der Waals surface area contributed by atoms with E-state index >= 15 is 0 Å². The molecule has 23 heavy (non-hydrogen) atoms. The second-order valence-corrected chi connectivity index (χ2v) is 7.62. The number of esters is 1. The van der Waals surface area contributed by atoms with Gasteiger partial charge in [0, 0.05) is 24.6 Å². The smallest absolute Gasteiger partial charge is 0.312 e. The Labute approximate surface area is 135 Å². The highest BCUT2D eigenvalue weighted by Gasteiger charge is 2.47. The molecule has 2 aromatic rings. The predicted octanol–water partition coefficient (Wildman–Crippen LogP) is 2.87. The lowest BCUT2D eigenvalue weighted by atomic mass is 9.85. The number of hydrogen-bond acceptors (Lipinski definition) is 4. The van der Waals surface area contributed by atoms with Crippen LogP contribution < -0.4 is 0 Å². The van der Waals surface area contributed by atoms with Crippen LogP contribution in [0.4, 0.5) is 0 Å². The zero-order valence-corrected chi connectivity index (χ0v) is 13.7. The molecule has 1 aromatic carbocycles. The number of rotatable bonds is 0. The first-order valence-corrected chi connectivity index (χ1v) is 8.01. The standard InChI is InChI=1S/C19H20N2O2/c1-18(2,3)14-5-4-12-8-19(9-13(12)6-14)15-10-20-11-21-16(15)7-17(22)23-19/h4-6,10-11H,7-9H2,1-3H3. The molecule has 0 saturated heterocycles. The molecule has 4 nitrogen and oxygen atoms in total. The van der Waals surface area contributed by atoms with Crippen LogP contribution in [-0.2, 0) is 39.8 Å². The molecule has 0 saturated carbocycles. The van der Waals surface area contributed by atoms with Crippen molar-refractivity contribution in [2.75, 3.05) is 0 Å². The van der Waals surface area contributed by atoms with Gasteiger partial charge >= 0.3 is 5.97 Å². The van der Waals surface area contributed by atoms with E-state index in [1.54, 1.807) is 0 Å². The van der Waals surface area contributed by atoms with E-state index in [9.17, 15) is 4.79 Å². The van der Waals surface area contributed by atoms with E-state index in [1.165, 1.54) is 23.0 Å². The molecule has 0 amide bonds. The van der Waals surface area contributed by atoms with E-state index in [4.69, 9.17) is 4.74 Å². The SMILES string of the molecule is CC(C)(C)c1ccc2c(c1)CC1(C2)OC(=O)Cc2ncncc21. The minimum atomic E-state index is -0.620. The van der Waals surface area contributed by atoms with Crippen LogP contribution >= 0.6 is 0 Å². The Morgan fingerprint density at radius 1 is 1.17 bits per heavy atom.